The first-order valence-electron chi connectivity index (χ1n) is 8.17. The van der Waals surface area contributed by atoms with Crippen molar-refractivity contribution in [2.24, 2.45) is 5.41 Å². The number of ether oxygens (including phenoxy) is 1. The number of halogens is 3. The number of hydrogen-bond acceptors (Lipinski definition) is 3. The zero-order valence-corrected chi connectivity index (χ0v) is 13.4. The molecule has 0 aliphatic carbocycles. The van der Waals surface area contributed by atoms with Crippen molar-refractivity contribution in [3.05, 3.63) is 29.8 Å². The molecule has 1 aromatic rings. The fourth-order valence-corrected chi connectivity index (χ4v) is 3.45. The van der Waals surface area contributed by atoms with E-state index in [0.717, 1.165) is 39.0 Å². The first-order chi connectivity index (χ1) is 11.4. The number of carbonyl (C=O) groups excluding carboxylic acids is 1. The molecule has 2 aliphatic rings. The fraction of sp³-hybridized carbons (Fsp3) is 0.588. The Labute approximate surface area is 139 Å². The molecule has 0 bridgehead atoms. The topological polar surface area (TPSA) is 41.6 Å². The molecular weight excluding hydrogens is 321 g/mol. The highest BCUT2D eigenvalue weighted by atomic mass is 19.4. The minimum Gasteiger partial charge on any atom is -0.484 e. The summed E-state index contributed by atoms with van der Waals surface area (Å²) in [7, 11) is 0. The molecule has 2 saturated heterocycles. The second-order valence-corrected chi connectivity index (χ2v) is 6.65. The molecule has 0 radical (unpaired) electrons. The quantitative estimate of drug-likeness (QED) is 0.918. The average Bonchev–Trinajstić information content (AvgIpc) is 3.01. The first kappa shape index (κ1) is 17.1. The van der Waals surface area contributed by atoms with Crippen molar-refractivity contribution in [3.8, 4) is 5.75 Å². The van der Waals surface area contributed by atoms with Crippen LogP contribution in [-0.2, 0) is 0 Å². The van der Waals surface area contributed by atoms with E-state index in [4.69, 9.17) is 0 Å². The Bertz CT molecular complexity index is 570. The summed E-state index contributed by atoms with van der Waals surface area (Å²) in [6, 6.07) is 5.86. The Morgan fingerprint density at radius 3 is 2.38 bits per heavy atom. The van der Waals surface area contributed by atoms with Crippen molar-refractivity contribution in [2.75, 3.05) is 32.8 Å². The van der Waals surface area contributed by atoms with Gasteiger partial charge in [-0.3, -0.25) is 4.79 Å². The normalized spacial score (nSPS) is 20.4. The molecule has 4 nitrogen and oxygen atoms in total. The minimum absolute atomic E-state index is 0.0711. The lowest BCUT2D eigenvalue weighted by atomic mass is 9.78. The Hall–Kier alpha value is -1.76. The number of benzene rings is 1. The van der Waals surface area contributed by atoms with E-state index in [0.29, 0.717) is 11.0 Å². The van der Waals surface area contributed by atoms with Gasteiger partial charge >= 0.3 is 6.18 Å². The summed E-state index contributed by atoms with van der Waals surface area (Å²) in [5, 5.41) is 3.39. The second kappa shape index (κ2) is 6.63. The van der Waals surface area contributed by atoms with Gasteiger partial charge in [-0.2, -0.15) is 13.2 Å². The Balaban J connectivity index is 1.55. The number of piperidine rings is 1. The van der Waals surface area contributed by atoms with Crippen LogP contribution in [0.15, 0.2) is 24.3 Å². The summed E-state index contributed by atoms with van der Waals surface area (Å²) in [6.45, 7) is 2.20. The van der Waals surface area contributed by atoms with Gasteiger partial charge in [-0.25, -0.2) is 0 Å². The fourth-order valence-electron chi connectivity index (χ4n) is 3.45. The Kier molecular flexibility index (Phi) is 4.71. The van der Waals surface area contributed by atoms with E-state index in [1.54, 1.807) is 0 Å². The second-order valence-electron chi connectivity index (χ2n) is 6.65. The summed E-state index contributed by atoms with van der Waals surface area (Å²) < 4.78 is 41.0. The molecule has 0 saturated carbocycles. The molecule has 0 atom stereocenters. The third kappa shape index (κ3) is 4.01. The lowest BCUT2D eigenvalue weighted by Crippen LogP contribution is -2.44. The number of nitrogens with zero attached hydrogens (tertiary/aromatic N) is 1. The predicted octanol–water partition coefficient (Wildman–Crippen LogP) is 2.84. The van der Waals surface area contributed by atoms with Crippen LogP contribution < -0.4 is 10.1 Å². The number of amides is 1. The lowest BCUT2D eigenvalue weighted by Gasteiger charge is -2.38. The summed E-state index contributed by atoms with van der Waals surface area (Å²) in [4.78, 5) is 14.3. The van der Waals surface area contributed by atoms with E-state index in [1.165, 1.54) is 30.7 Å². The van der Waals surface area contributed by atoms with Gasteiger partial charge in [0, 0.05) is 25.2 Å². The van der Waals surface area contributed by atoms with Gasteiger partial charge in [0.2, 0.25) is 0 Å². The van der Waals surface area contributed by atoms with Crippen LogP contribution in [0.5, 0.6) is 5.75 Å². The maximum atomic E-state index is 12.5. The van der Waals surface area contributed by atoms with Crippen LogP contribution in [0, 0.1) is 5.41 Å². The summed E-state index contributed by atoms with van der Waals surface area (Å²) in [5.41, 5.74) is 0.821. The van der Waals surface area contributed by atoms with Crippen molar-refractivity contribution in [3.63, 3.8) is 0 Å². The highest BCUT2D eigenvalue weighted by Crippen LogP contribution is 2.37. The van der Waals surface area contributed by atoms with E-state index in [2.05, 4.69) is 10.1 Å². The highest BCUT2D eigenvalue weighted by molar-refractivity contribution is 5.94. The number of nitrogens with one attached hydrogen (secondary N) is 1. The van der Waals surface area contributed by atoms with Gasteiger partial charge in [0.1, 0.15) is 5.75 Å². The molecule has 24 heavy (non-hydrogen) atoms. The molecule has 132 valence electrons. The van der Waals surface area contributed by atoms with Gasteiger partial charge in [-0.15, -0.1) is 0 Å². The van der Waals surface area contributed by atoms with Gasteiger partial charge in [0.05, 0.1) is 0 Å². The number of rotatable bonds is 3. The van der Waals surface area contributed by atoms with Crippen LogP contribution >= 0.6 is 0 Å². The molecule has 2 heterocycles. The van der Waals surface area contributed by atoms with Gasteiger partial charge in [0.25, 0.3) is 5.91 Å². The van der Waals surface area contributed by atoms with Crippen LogP contribution in [0.2, 0.25) is 0 Å². The van der Waals surface area contributed by atoms with Gasteiger partial charge in [-0.05, 0) is 55.5 Å². The highest BCUT2D eigenvalue weighted by Gasteiger charge is 2.38. The third-order valence-electron chi connectivity index (χ3n) is 4.95. The summed E-state index contributed by atoms with van der Waals surface area (Å²) >= 11 is 0. The number of alkyl halides is 3. The molecular formula is C17H21F3N2O2. The molecule has 1 N–H and O–H groups in total. The minimum atomic E-state index is -4.37. The van der Waals surface area contributed by atoms with Gasteiger partial charge in [0.15, 0.2) is 6.61 Å². The van der Waals surface area contributed by atoms with Gasteiger partial charge in [-0.1, -0.05) is 0 Å². The van der Waals surface area contributed by atoms with Crippen molar-refractivity contribution in [1.82, 2.24) is 10.2 Å². The Morgan fingerprint density at radius 1 is 1.17 bits per heavy atom. The number of likely N-dealkylation sites (tertiary alicyclic amines) is 1. The van der Waals surface area contributed by atoms with Crippen LogP contribution in [0.3, 0.4) is 0 Å². The number of carbonyl (C=O) groups is 1. The molecule has 2 aliphatic heterocycles. The average molecular weight is 342 g/mol. The predicted molar refractivity (Wildman–Crippen MR) is 83.0 cm³/mol. The maximum absolute atomic E-state index is 12.5. The SMILES string of the molecule is O=C(c1ccc(OCC(F)(F)F)cc1)N1CCC2(CCNC2)CC1. The first-order valence-corrected chi connectivity index (χ1v) is 8.17. The lowest BCUT2D eigenvalue weighted by molar-refractivity contribution is -0.153. The molecule has 1 aromatic carbocycles. The third-order valence-corrected chi connectivity index (χ3v) is 4.95. The van der Waals surface area contributed by atoms with Gasteiger partial charge < -0.3 is 15.0 Å². The van der Waals surface area contributed by atoms with Crippen LogP contribution in [0.4, 0.5) is 13.2 Å². The molecule has 0 unspecified atom stereocenters. The Morgan fingerprint density at radius 2 is 1.83 bits per heavy atom. The largest absolute Gasteiger partial charge is 0.484 e. The van der Waals surface area contributed by atoms with Crippen LogP contribution in [0.25, 0.3) is 0 Å². The van der Waals surface area contributed by atoms with Crippen molar-refractivity contribution >= 4 is 5.91 Å². The molecule has 1 spiro atoms. The van der Waals surface area contributed by atoms with E-state index >= 15 is 0 Å². The summed E-state index contributed by atoms with van der Waals surface area (Å²) in [6.07, 6.45) is -1.20. The monoisotopic (exact) mass is 342 g/mol. The standard InChI is InChI=1S/C17H21F3N2O2/c18-17(19,20)12-24-14-3-1-13(2-4-14)15(23)22-9-6-16(7-10-22)5-8-21-11-16/h1-4,21H,5-12H2. The smallest absolute Gasteiger partial charge is 0.422 e. The molecule has 1 amide bonds. The molecule has 2 fully saturated rings. The number of hydrogen-bond donors (Lipinski definition) is 1. The van der Waals surface area contributed by atoms with E-state index < -0.39 is 12.8 Å². The zero-order valence-electron chi connectivity index (χ0n) is 13.4. The molecule has 0 aromatic heterocycles. The van der Waals surface area contributed by atoms with E-state index in [-0.39, 0.29) is 11.7 Å². The zero-order chi connectivity index (χ0) is 17.2. The van der Waals surface area contributed by atoms with Crippen molar-refractivity contribution < 1.29 is 22.7 Å². The van der Waals surface area contributed by atoms with E-state index in [9.17, 15) is 18.0 Å². The van der Waals surface area contributed by atoms with Crippen LogP contribution in [-0.4, -0.2) is 49.8 Å². The maximum Gasteiger partial charge on any atom is 0.422 e. The van der Waals surface area contributed by atoms with Crippen LogP contribution in [0.1, 0.15) is 29.6 Å². The molecule has 3 rings (SSSR count). The molecule has 7 heteroatoms. The van der Waals surface area contributed by atoms with Crippen molar-refractivity contribution in [1.29, 1.82) is 0 Å². The van der Waals surface area contributed by atoms with Crippen molar-refractivity contribution in [2.45, 2.75) is 25.4 Å². The van der Waals surface area contributed by atoms with E-state index in [1.807, 2.05) is 4.90 Å². The summed E-state index contributed by atoms with van der Waals surface area (Å²) in [5.74, 6) is 0.0386.